The highest BCUT2D eigenvalue weighted by Gasteiger charge is 2.38. The zero-order valence-electron chi connectivity index (χ0n) is 12.6. The molecule has 0 bridgehead atoms. The van der Waals surface area contributed by atoms with Crippen molar-refractivity contribution in [3.05, 3.63) is 30.1 Å². The van der Waals surface area contributed by atoms with Gasteiger partial charge in [-0.3, -0.25) is 9.88 Å². The van der Waals surface area contributed by atoms with Gasteiger partial charge in [-0.2, -0.15) is 0 Å². The maximum absolute atomic E-state index is 4.10. The predicted octanol–water partition coefficient (Wildman–Crippen LogP) is 1.20. The highest BCUT2D eigenvalue weighted by molar-refractivity contribution is 5.11. The van der Waals surface area contributed by atoms with Crippen molar-refractivity contribution < 1.29 is 0 Å². The van der Waals surface area contributed by atoms with E-state index in [1.807, 2.05) is 19.4 Å². The molecule has 4 heteroatoms. The first-order valence-corrected chi connectivity index (χ1v) is 7.02. The average molecular weight is 262 g/mol. The van der Waals surface area contributed by atoms with Crippen LogP contribution in [0.3, 0.4) is 0 Å². The van der Waals surface area contributed by atoms with E-state index in [-0.39, 0.29) is 5.54 Å². The number of nitrogens with zero attached hydrogens (tertiary/aromatic N) is 3. The molecule has 0 radical (unpaired) electrons. The quantitative estimate of drug-likeness (QED) is 0.883. The lowest BCUT2D eigenvalue weighted by Crippen LogP contribution is -2.64. The van der Waals surface area contributed by atoms with Crippen LogP contribution in [-0.4, -0.2) is 60.1 Å². The molecule has 2 heterocycles. The first-order chi connectivity index (χ1) is 9.03. The third-order valence-corrected chi connectivity index (χ3v) is 3.94. The third-order valence-electron chi connectivity index (χ3n) is 3.94. The standard InChI is InChI=1S/C15H26N4/c1-15(2)12-18(4)11-14(9-16-3)19(15)10-13-5-7-17-8-6-13/h5-8,14,16H,9-12H2,1-4H3. The second kappa shape index (κ2) is 5.99. The number of piperazine rings is 1. The van der Waals surface area contributed by atoms with Crippen LogP contribution < -0.4 is 5.32 Å². The van der Waals surface area contributed by atoms with E-state index in [4.69, 9.17) is 0 Å². The van der Waals surface area contributed by atoms with Crippen molar-refractivity contribution in [2.24, 2.45) is 0 Å². The van der Waals surface area contributed by atoms with Gasteiger partial charge < -0.3 is 10.2 Å². The van der Waals surface area contributed by atoms with Gasteiger partial charge >= 0.3 is 0 Å². The molecule has 1 aliphatic rings. The number of pyridine rings is 1. The second-order valence-corrected chi connectivity index (χ2v) is 6.20. The lowest BCUT2D eigenvalue weighted by Gasteiger charge is -2.51. The van der Waals surface area contributed by atoms with Gasteiger partial charge in [-0.15, -0.1) is 0 Å². The lowest BCUT2D eigenvalue weighted by molar-refractivity contribution is -0.0211. The van der Waals surface area contributed by atoms with E-state index in [2.05, 4.69) is 53.1 Å². The van der Waals surface area contributed by atoms with Crippen LogP contribution in [0, 0.1) is 0 Å². The van der Waals surface area contributed by atoms with Crippen LogP contribution in [0.5, 0.6) is 0 Å². The molecule has 19 heavy (non-hydrogen) atoms. The van der Waals surface area contributed by atoms with Crippen LogP contribution in [0.2, 0.25) is 0 Å². The fraction of sp³-hybridized carbons (Fsp3) is 0.667. The minimum atomic E-state index is 0.192. The Balaban J connectivity index is 2.17. The van der Waals surface area contributed by atoms with E-state index in [1.54, 1.807) is 0 Å². The molecule has 0 spiro atoms. The molecule has 0 saturated carbocycles. The van der Waals surface area contributed by atoms with Crippen LogP contribution in [0.15, 0.2) is 24.5 Å². The molecule has 1 aromatic heterocycles. The Bertz CT molecular complexity index is 390. The minimum absolute atomic E-state index is 0.192. The third kappa shape index (κ3) is 3.53. The van der Waals surface area contributed by atoms with Crippen molar-refractivity contribution in [3.8, 4) is 0 Å². The van der Waals surface area contributed by atoms with Gasteiger partial charge in [0.15, 0.2) is 0 Å². The first kappa shape index (κ1) is 14.4. The summed E-state index contributed by atoms with van der Waals surface area (Å²) in [5, 5.41) is 3.33. The SMILES string of the molecule is CNCC1CN(C)CC(C)(C)N1Cc1ccncc1. The minimum Gasteiger partial charge on any atom is -0.318 e. The molecular formula is C15H26N4. The van der Waals surface area contributed by atoms with Crippen LogP contribution in [0.25, 0.3) is 0 Å². The van der Waals surface area contributed by atoms with Crippen molar-refractivity contribution in [1.82, 2.24) is 20.1 Å². The van der Waals surface area contributed by atoms with E-state index in [9.17, 15) is 0 Å². The van der Waals surface area contributed by atoms with E-state index in [1.165, 1.54) is 5.56 Å². The van der Waals surface area contributed by atoms with Crippen LogP contribution >= 0.6 is 0 Å². The zero-order valence-corrected chi connectivity index (χ0v) is 12.6. The number of rotatable bonds is 4. The van der Waals surface area contributed by atoms with Crippen LogP contribution in [-0.2, 0) is 6.54 Å². The summed E-state index contributed by atoms with van der Waals surface area (Å²) < 4.78 is 0. The molecule has 1 aromatic rings. The molecule has 4 nitrogen and oxygen atoms in total. The fourth-order valence-electron chi connectivity index (χ4n) is 3.21. The molecular weight excluding hydrogens is 236 g/mol. The van der Waals surface area contributed by atoms with E-state index in [0.717, 1.165) is 26.2 Å². The smallest absolute Gasteiger partial charge is 0.0357 e. The highest BCUT2D eigenvalue weighted by Crippen LogP contribution is 2.26. The first-order valence-electron chi connectivity index (χ1n) is 7.02. The molecule has 0 amide bonds. The molecule has 0 aliphatic carbocycles. The zero-order chi connectivity index (χ0) is 13.9. The van der Waals surface area contributed by atoms with Crippen molar-refractivity contribution in [2.75, 3.05) is 33.7 Å². The maximum Gasteiger partial charge on any atom is 0.0357 e. The molecule has 1 unspecified atom stereocenters. The summed E-state index contributed by atoms with van der Waals surface area (Å²) in [5.41, 5.74) is 1.53. The highest BCUT2D eigenvalue weighted by atomic mass is 15.3. The molecule has 1 aliphatic heterocycles. The second-order valence-electron chi connectivity index (χ2n) is 6.20. The summed E-state index contributed by atoms with van der Waals surface area (Å²) in [5.74, 6) is 0. The molecule has 1 fully saturated rings. The number of likely N-dealkylation sites (N-methyl/N-ethyl adjacent to an activating group) is 2. The predicted molar refractivity (Wildman–Crippen MR) is 79.1 cm³/mol. The van der Waals surface area contributed by atoms with Gasteiger partial charge in [-0.25, -0.2) is 0 Å². The fourth-order valence-corrected chi connectivity index (χ4v) is 3.21. The molecule has 1 atom stereocenters. The molecule has 1 N–H and O–H groups in total. The number of nitrogens with one attached hydrogen (secondary N) is 1. The van der Waals surface area contributed by atoms with Gasteiger partial charge in [0.25, 0.3) is 0 Å². The summed E-state index contributed by atoms with van der Waals surface area (Å²) in [7, 11) is 4.25. The van der Waals surface area contributed by atoms with Crippen molar-refractivity contribution in [3.63, 3.8) is 0 Å². The van der Waals surface area contributed by atoms with Gasteiger partial charge in [0.2, 0.25) is 0 Å². The van der Waals surface area contributed by atoms with Crippen molar-refractivity contribution >= 4 is 0 Å². The van der Waals surface area contributed by atoms with Gasteiger partial charge in [-0.05, 0) is 45.6 Å². The summed E-state index contributed by atoms with van der Waals surface area (Å²) in [6.07, 6.45) is 3.76. The Kier molecular flexibility index (Phi) is 4.55. The lowest BCUT2D eigenvalue weighted by atomic mass is 9.94. The average Bonchev–Trinajstić information content (AvgIpc) is 2.34. The van der Waals surface area contributed by atoms with Gasteiger partial charge in [-0.1, -0.05) is 0 Å². The Morgan fingerprint density at radius 2 is 2.05 bits per heavy atom. The largest absolute Gasteiger partial charge is 0.318 e. The Hall–Kier alpha value is -0.970. The van der Waals surface area contributed by atoms with Gasteiger partial charge in [0.1, 0.15) is 0 Å². The summed E-state index contributed by atoms with van der Waals surface area (Å²) in [4.78, 5) is 9.16. The topological polar surface area (TPSA) is 31.4 Å². The van der Waals surface area contributed by atoms with E-state index < -0.39 is 0 Å². The van der Waals surface area contributed by atoms with Gasteiger partial charge in [0, 0.05) is 50.2 Å². The molecule has 106 valence electrons. The van der Waals surface area contributed by atoms with Crippen molar-refractivity contribution in [1.29, 1.82) is 0 Å². The number of hydrogen-bond acceptors (Lipinski definition) is 4. The van der Waals surface area contributed by atoms with Crippen molar-refractivity contribution in [2.45, 2.75) is 32.0 Å². The molecule has 0 aromatic carbocycles. The summed E-state index contributed by atoms with van der Waals surface area (Å²) in [6, 6.07) is 4.78. The van der Waals surface area contributed by atoms with Crippen LogP contribution in [0.1, 0.15) is 19.4 Å². The van der Waals surface area contributed by atoms with Crippen LogP contribution in [0.4, 0.5) is 0 Å². The monoisotopic (exact) mass is 262 g/mol. The molecule has 1 saturated heterocycles. The number of aromatic nitrogens is 1. The summed E-state index contributed by atoms with van der Waals surface area (Å²) in [6.45, 7) is 8.93. The Morgan fingerprint density at radius 1 is 1.37 bits per heavy atom. The number of hydrogen-bond donors (Lipinski definition) is 1. The Labute approximate surface area is 116 Å². The summed E-state index contributed by atoms with van der Waals surface area (Å²) >= 11 is 0. The van der Waals surface area contributed by atoms with E-state index in [0.29, 0.717) is 6.04 Å². The van der Waals surface area contributed by atoms with E-state index >= 15 is 0 Å². The molecule has 2 rings (SSSR count). The maximum atomic E-state index is 4.10. The normalized spacial score (nSPS) is 24.5. The Morgan fingerprint density at radius 3 is 2.68 bits per heavy atom. The van der Waals surface area contributed by atoms with Gasteiger partial charge in [0.05, 0.1) is 0 Å².